The van der Waals surface area contributed by atoms with Crippen molar-refractivity contribution < 1.29 is 4.79 Å². The second-order valence-corrected chi connectivity index (χ2v) is 6.69. The summed E-state index contributed by atoms with van der Waals surface area (Å²) in [5.74, 6) is 0. The van der Waals surface area contributed by atoms with Crippen LogP contribution in [0.1, 0.15) is 37.5 Å². The van der Waals surface area contributed by atoms with E-state index in [-0.39, 0.29) is 11.4 Å². The molecule has 2 rings (SSSR count). The summed E-state index contributed by atoms with van der Waals surface area (Å²) in [6.07, 6.45) is 0. The third-order valence-corrected chi connectivity index (χ3v) is 3.61. The molecule has 2 N–H and O–H groups in total. The monoisotopic (exact) mass is 296 g/mol. The Hall–Kier alpha value is -2.29. The number of carbonyl (C=O) groups is 1. The van der Waals surface area contributed by atoms with Crippen LogP contribution in [0.4, 0.5) is 16.2 Å². The SMILES string of the molecule is Cc1ccc(NC(=O)Nc2ccccc2C(C)(C)C)c(C)c1. The number of rotatable bonds is 2. The summed E-state index contributed by atoms with van der Waals surface area (Å²) in [6.45, 7) is 10.4. The van der Waals surface area contributed by atoms with Crippen molar-refractivity contribution in [3.05, 3.63) is 59.2 Å². The maximum absolute atomic E-state index is 12.3. The van der Waals surface area contributed by atoms with Gasteiger partial charge in [0.15, 0.2) is 0 Å². The zero-order valence-electron chi connectivity index (χ0n) is 13.9. The second kappa shape index (κ2) is 6.22. The second-order valence-electron chi connectivity index (χ2n) is 6.69. The lowest BCUT2D eigenvalue weighted by Crippen LogP contribution is -2.23. The number of amides is 2. The molecule has 0 bridgehead atoms. The van der Waals surface area contributed by atoms with Gasteiger partial charge < -0.3 is 10.6 Å². The van der Waals surface area contributed by atoms with Gasteiger partial charge in [-0.3, -0.25) is 0 Å². The summed E-state index contributed by atoms with van der Waals surface area (Å²) in [5, 5.41) is 5.87. The molecule has 0 atom stereocenters. The summed E-state index contributed by atoms with van der Waals surface area (Å²) in [5.41, 5.74) is 5.00. The predicted molar refractivity (Wildman–Crippen MR) is 93.7 cm³/mol. The van der Waals surface area contributed by atoms with E-state index >= 15 is 0 Å². The molecule has 0 aliphatic rings. The Labute approximate surface area is 132 Å². The first kappa shape index (κ1) is 16.1. The van der Waals surface area contributed by atoms with Crippen molar-refractivity contribution in [3.63, 3.8) is 0 Å². The lowest BCUT2D eigenvalue weighted by atomic mass is 9.86. The minimum Gasteiger partial charge on any atom is -0.307 e. The van der Waals surface area contributed by atoms with Crippen molar-refractivity contribution in [1.82, 2.24) is 0 Å². The maximum atomic E-state index is 12.3. The van der Waals surface area contributed by atoms with Crippen LogP contribution in [-0.4, -0.2) is 6.03 Å². The first-order chi connectivity index (χ1) is 10.3. The first-order valence-corrected chi connectivity index (χ1v) is 7.52. The van der Waals surface area contributed by atoms with Gasteiger partial charge in [-0.2, -0.15) is 0 Å². The van der Waals surface area contributed by atoms with Crippen LogP contribution in [0.3, 0.4) is 0 Å². The summed E-state index contributed by atoms with van der Waals surface area (Å²) in [7, 11) is 0. The van der Waals surface area contributed by atoms with Crippen molar-refractivity contribution in [3.8, 4) is 0 Å². The highest BCUT2D eigenvalue weighted by Crippen LogP contribution is 2.29. The van der Waals surface area contributed by atoms with E-state index in [0.717, 1.165) is 22.5 Å². The van der Waals surface area contributed by atoms with Crippen LogP contribution in [0.5, 0.6) is 0 Å². The van der Waals surface area contributed by atoms with Gasteiger partial charge in [-0.25, -0.2) is 4.79 Å². The van der Waals surface area contributed by atoms with Gasteiger partial charge in [0, 0.05) is 11.4 Å². The largest absolute Gasteiger partial charge is 0.323 e. The topological polar surface area (TPSA) is 41.1 Å². The number of para-hydroxylation sites is 1. The molecule has 0 heterocycles. The molecule has 0 saturated carbocycles. The molecule has 116 valence electrons. The normalized spacial score (nSPS) is 11.1. The number of hydrogen-bond donors (Lipinski definition) is 2. The molecule has 0 radical (unpaired) electrons. The molecule has 0 aromatic heterocycles. The first-order valence-electron chi connectivity index (χ1n) is 7.52. The van der Waals surface area contributed by atoms with Crippen LogP contribution in [0.25, 0.3) is 0 Å². The highest BCUT2D eigenvalue weighted by molar-refractivity contribution is 6.00. The van der Waals surface area contributed by atoms with E-state index in [4.69, 9.17) is 0 Å². The summed E-state index contributed by atoms with van der Waals surface area (Å²) < 4.78 is 0. The van der Waals surface area contributed by atoms with E-state index in [0.29, 0.717) is 0 Å². The Morgan fingerprint density at radius 2 is 1.55 bits per heavy atom. The fraction of sp³-hybridized carbons (Fsp3) is 0.316. The Morgan fingerprint density at radius 3 is 2.18 bits per heavy atom. The van der Waals surface area contributed by atoms with Gasteiger partial charge in [-0.1, -0.05) is 56.7 Å². The quantitative estimate of drug-likeness (QED) is 0.781. The molecule has 2 amide bonds. The van der Waals surface area contributed by atoms with Crippen molar-refractivity contribution in [2.24, 2.45) is 0 Å². The smallest absolute Gasteiger partial charge is 0.307 e. The molecule has 22 heavy (non-hydrogen) atoms. The van der Waals surface area contributed by atoms with E-state index in [2.05, 4.69) is 37.5 Å². The molecule has 0 spiro atoms. The molecule has 2 aromatic rings. The number of benzene rings is 2. The molecule has 0 unspecified atom stereocenters. The predicted octanol–water partition coefficient (Wildman–Crippen LogP) is 5.24. The number of anilines is 2. The van der Waals surface area contributed by atoms with Gasteiger partial charge in [-0.15, -0.1) is 0 Å². The number of hydrogen-bond acceptors (Lipinski definition) is 1. The Kier molecular flexibility index (Phi) is 4.55. The zero-order valence-corrected chi connectivity index (χ0v) is 13.9. The Morgan fingerprint density at radius 1 is 0.909 bits per heavy atom. The Balaban J connectivity index is 2.16. The Bertz CT molecular complexity index is 684. The number of nitrogens with one attached hydrogen (secondary N) is 2. The minimum absolute atomic E-state index is 0.0242. The van der Waals surface area contributed by atoms with Gasteiger partial charge in [0.2, 0.25) is 0 Å². The molecule has 3 heteroatoms. The minimum atomic E-state index is -0.219. The molecular weight excluding hydrogens is 272 g/mol. The molecule has 0 fully saturated rings. The van der Waals surface area contributed by atoms with Crippen LogP contribution in [0.15, 0.2) is 42.5 Å². The van der Waals surface area contributed by atoms with E-state index < -0.39 is 0 Å². The van der Waals surface area contributed by atoms with Gasteiger partial charge in [0.25, 0.3) is 0 Å². The van der Waals surface area contributed by atoms with Crippen molar-refractivity contribution in [2.75, 3.05) is 10.6 Å². The van der Waals surface area contributed by atoms with E-state index in [1.54, 1.807) is 0 Å². The number of carbonyl (C=O) groups excluding carboxylic acids is 1. The van der Waals surface area contributed by atoms with Gasteiger partial charge in [0.1, 0.15) is 0 Å². The van der Waals surface area contributed by atoms with E-state index in [1.165, 1.54) is 5.56 Å². The van der Waals surface area contributed by atoms with Crippen molar-refractivity contribution >= 4 is 17.4 Å². The summed E-state index contributed by atoms with van der Waals surface area (Å²) >= 11 is 0. The van der Waals surface area contributed by atoms with Crippen molar-refractivity contribution in [1.29, 1.82) is 0 Å². The lowest BCUT2D eigenvalue weighted by molar-refractivity contribution is 0.262. The lowest BCUT2D eigenvalue weighted by Gasteiger charge is -2.23. The van der Waals surface area contributed by atoms with E-state index in [9.17, 15) is 4.79 Å². The third-order valence-electron chi connectivity index (χ3n) is 3.61. The van der Waals surface area contributed by atoms with E-state index in [1.807, 2.05) is 50.2 Å². The van der Waals surface area contributed by atoms with Crippen LogP contribution < -0.4 is 10.6 Å². The van der Waals surface area contributed by atoms with Gasteiger partial charge in [0.05, 0.1) is 0 Å². The summed E-state index contributed by atoms with van der Waals surface area (Å²) in [6, 6.07) is 13.7. The average molecular weight is 296 g/mol. The fourth-order valence-electron chi connectivity index (χ4n) is 2.48. The third kappa shape index (κ3) is 3.88. The number of aryl methyl sites for hydroxylation is 2. The molecule has 0 saturated heterocycles. The number of urea groups is 1. The summed E-state index contributed by atoms with van der Waals surface area (Å²) in [4.78, 5) is 12.3. The molecule has 3 nitrogen and oxygen atoms in total. The van der Waals surface area contributed by atoms with Crippen molar-refractivity contribution in [2.45, 2.75) is 40.0 Å². The fourth-order valence-corrected chi connectivity index (χ4v) is 2.48. The molecule has 2 aromatic carbocycles. The van der Waals surface area contributed by atoms with Crippen LogP contribution in [-0.2, 0) is 5.41 Å². The van der Waals surface area contributed by atoms with Crippen LogP contribution in [0.2, 0.25) is 0 Å². The zero-order chi connectivity index (χ0) is 16.3. The molecule has 0 aliphatic carbocycles. The van der Waals surface area contributed by atoms with Crippen LogP contribution >= 0.6 is 0 Å². The van der Waals surface area contributed by atoms with Gasteiger partial charge >= 0.3 is 6.03 Å². The van der Waals surface area contributed by atoms with Gasteiger partial charge in [-0.05, 0) is 42.5 Å². The molecular formula is C19H24N2O. The van der Waals surface area contributed by atoms with Crippen LogP contribution in [0, 0.1) is 13.8 Å². The maximum Gasteiger partial charge on any atom is 0.323 e. The highest BCUT2D eigenvalue weighted by atomic mass is 16.2. The average Bonchev–Trinajstić information content (AvgIpc) is 2.41. The highest BCUT2D eigenvalue weighted by Gasteiger charge is 2.18. The molecule has 0 aliphatic heterocycles. The standard InChI is InChI=1S/C19H24N2O/c1-13-10-11-16(14(2)12-13)20-18(22)21-17-9-7-6-8-15(17)19(3,4)5/h6-12H,1-5H3,(H2,20,21,22).